The van der Waals surface area contributed by atoms with E-state index in [2.05, 4.69) is 0 Å². The molecule has 0 heterocycles. The lowest BCUT2D eigenvalue weighted by Gasteiger charge is -2.03. The van der Waals surface area contributed by atoms with E-state index in [1.165, 1.54) is 6.92 Å². The summed E-state index contributed by atoms with van der Waals surface area (Å²) in [6, 6.07) is 8.33. The topological polar surface area (TPSA) is 86.5 Å². The summed E-state index contributed by atoms with van der Waals surface area (Å²) in [5.41, 5.74) is -0.0775. The molecule has 16 heavy (non-hydrogen) atoms. The van der Waals surface area contributed by atoms with Crippen LogP contribution in [0.2, 0.25) is 0 Å². The van der Waals surface area contributed by atoms with Gasteiger partial charge in [0.1, 0.15) is 5.75 Å². The molecular weight excluding hydrogens is 230 g/mol. The average Bonchev–Trinajstić information content (AvgIpc) is 2.16. The van der Waals surface area contributed by atoms with Gasteiger partial charge in [0.15, 0.2) is 0 Å². The van der Waals surface area contributed by atoms with Crippen molar-refractivity contribution in [3.63, 3.8) is 0 Å². The van der Waals surface area contributed by atoms with Crippen molar-refractivity contribution in [2.45, 2.75) is 6.92 Å². The minimum atomic E-state index is -3.82. The van der Waals surface area contributed by atoms with Crippen LogP contribution in [0.1, 0.15) is 6.92 Å². The third-order valence-corrected chi connectivity index (χ3v) is 2.30. The SMILES string of the molecule is CC(=CS(N)(=O)=O)C(=O)Oc1ccccc1. The van der Waals surface area contributed by atoms with Crippen molar-refractivity contribution in [3.8, 4) is 5.75 Å². The minimum Gasteiger partial charge on any atom is -0.423 e. The summed E-state index contributed by atoms with van der Waals surface area (Å²) in [4.78, 5) is 11.4. The molecule has 6 heteroatoms. The maximum absolute atomic E-state index is 11.4. The van der Waals surface area contributed by atoms with Gasteiger partial charge in [0.05, 0.1) is 5.41 Å². The van der Waals surface area contributed by atoms with Crippen molar-refractivity contribution < 1.29 is 17.9 Å². The van der Waals surface area contributed by atoms with Crippen molar-refractivity contribution in [2.75, 3.05) is 0 Å². The Kier molecular flexibility index (Phi) is 3.81. The van der Waals surface area contributed by atoms with E-state index in [0.29, 0.717) is 11.2 Å². The number of sulfonamides is 1. The molecule has 0 aliphatic carbocycles. The predicted octanol–water partition coefficient (Wildman–Crippen LogP) is 0.784. The van der Waals surface area contributed by atoms with E-state index in [1.54, 1.807) is 30.3 Å². The van der Waals surface area contributed by atoms with Crippen LogP contribution >= 0.6 is 0 Å². The molecule has 0 atom stereocenters. The Hall–Kier alpha value is -1.66. The first kappa shape index (κ1) is 12.4. The fourth-order valence-electron chi connectivity index (χ4n) is 0.971. The number of ether oxygens (including phenoxy) is 1. The quantitative estimate of drug-likeness (QED) is 0.481. The Labute approximate surface area is 93.6 Å². The molecule has 0 saturated heterocycles. The second-order valence-electron chi connectivity index (χ2n) is 3.09. The molecule has 0 unspecified atom stereocenters. The van der Waals surface area contributed by atoms with Gasteiger partial charge in [0.25, 0.3) is 0 Å². The maximum atomic E-state index is 11.4. The summed E-state index contributed by atoms with van der Waals surface area (Å²) in [5.74, 6) is -0.408. The highest BCUT2D eigenvalue weighted by atomic mass is 32.2. The van der Waals surface area contributed by atoms with E-state index in [1.807, 2.05) is 0 Å². The molecule has 0 fully saturated rings. The highest BCUT2D eigenvalue weighted by Gasteiger charge is 2.10. The molecule has 0 aliphatic heterocycles. The summed E-state index contributed by atoms with van der Waals surface area (Å²) in [6.45, 7) is 1.32. The van der Waals surface area contributed by atoms with Gasteiger partial charge >= 0.3 is 5.97 Å². The van der Waals surface area contributed by atoms with Gasteiger partial charge in [-0.05, 0) is 19.1 Å². The van der Waals surface area contributed by atoms with E-state index in [9.17, 15) is 13.2 Å². The average molecular weight is 241 g/mol. The normalized spacial score (nSPS) is 12.2. The van der Waals surface area contributed by atoms with Crippen molar-refractivity contribution in [1.82, 2.24) is 0 Å². The van der Waals surface area contributed by atoms with Crippen LogP contribution < -0.4 is 9.88 Å². The van der Waals surface area contributed by atoms with Crippen LogP contribution in [0, 0.1) is 0 Å². The molecule has 0 amide bonds. The van der Waals surface area contributed by atoms with Gasteiger partial charge in [-0.25, -0.2) is 18.4 Å². The number of carbonyl (C=O) groups is 1. The Morgan fingerprint density at radius 1 is 1.31 bits per heavy atom. The van der Waals surface area contributed by atoms with Gasteiger partial charge in [0.2, 0.25) is 10.0 Å². The van der Waals surface area contributed by atoms with Gasteiger partial charge in [-0.1, -0.05) is 18.2 Å². The first-order valence-corrected chi connectivity index (χ1v) is 5.98. The lowest BCUT2D eigenvalue weighted by molar-refractivity contribution is -0.130. The largest absolute Gasteiger partial charge is 0.423 e. The molecular formula is C10H11NO4S. The number of primary sulfonamides is 1. The van der Waals surface area contributed by atoms with Crippen molar-refractivity contribution in [2.24, 2.45) is 5.14 Å². The number of rotatable bonds is 3. The smallest absolute Gasteiger partial charge is 0.339 e. The third kappa shape index (κ3) is 4.24. The van der Waals surface area contributed by atoms with Gasteiger partial charge in [0, 0.05) is 5.57 Å². The highest BCUT2D eigenvalue weighted by molar-refractivity contribution is 7.92. The van der Waals surface area contributed by atoms with Gasteiger partial charge in [-0.2, -0.15) is 0 Å². The van der Waals surface area contributed by atoms with E-state index in [4.69, 9.17) is 9.88 Å². The lowest BCUT2D eigenvalue weighted by Crippen LogP contribution is -2.14. The van der Waals surface area contributed by atoms with Crippen LogP contribution in [0.4, 0.5) is 0 Å². The molecule has 5 nitrogen and oxygen atoms in total. The van der Waals surface area contributed by atoms with Crippen molar-refractivity contribution in [3.05, 3.63) is 41.3 Å². The molecule has 0 aliphatic rings. The zero-order valence-electron chi connectivity index (χ0n) is 8.58. The monoisotopic (exact) mass is 241 g/mol. The number of hydrogen-bond donors (Lipinski definition) is 1. The zero-order chi connectivity index (χ0) is 12.2. The number of hydrogen-bond acceptors (Lipinski definition) is 4. The van der Waals surface area contributed by atoms with E-state index in [0.717, 1.165) is 0 Å². The number of benzene rings is 1. The Morgan fingerprint density at radius 2 is 1.88 bits per heavy atom. The molecule has 1 aromatic carbocycles. The maximum Gasteiger partial charge on any atom is 0.339 e. The second kappa shape index (κ2) is 4.91. The molecule has 1 aromatic rings. The standard InChI is InChI=1S/C10H11NO4S/c1-8(7-16(11,13)14)10(12)15-9-5-3-2-4-6-9/h2-7H,1H3,(H2,11,13,14). The van der Waals surface area contributed by atoms with Gasteiger partial charge < -0.3 is 4.74 Å². The summed E-state index contributed by atoms with van der Waals surface area (Å²) < 4.78 is 26.3. The Balaban J connectivity index is 2.78. The number of carbonyl (C=O) groups excluding carboxylic acids is 1. The number of para-hydroxylation sites is 1. The summed E-state index contributed by atoms with van der Waals surface area (Å²) in [6.07, 6.45) is 0. The molecule has 86 valence electrons. The van der Waals surface area contributed by atoms with Gasteiger partial charge in [-0.15, -0.1) is 0 Å². The van der Waals surface area contributed by atoms with E-state index < -0.39 is 16.0 Å². The molecule has 1 rings (SSSR count). The first-order chi connectivity index (χ1) is 7.38. The van der Waals surface area contributed by atoms with Crippen LogP contribution in [-0.4, -0.2) is 14.4 Å². The van der Waals surface area contributed by atoms with Gasteiger partial charge in [-0.3, -0.25) is 0 Å². The van der Waals surface area contributed by atoms with Crippen LogP contribution in [-0.2, 0) is 14.8 Å². The molecule has 0 spiro atoms. The third-order valence-electron chi connectivity index (χ3n) is 1.62. The molecule has 0 bridgehead atoms. The molecule has 0 aromatic heterocycles. The first-order valence-electron chi connectivity index (χ1n) is 4.37. The van der Waals surface area contributed by atoms with E-state index in [-0.39, 0.29) is 5.57 Å². The van der Waals surface area contributed by atoms with E-state index >= 15 is 0 Å². The van der Waals surface area contributed by atoms with Crippen LogP contribution in [0.5, 0.6) is 5.75 Å². The molecule has 0 saturated carbocycles. The number of esters is 1. The fourth-order valence-corrected chi connectivity index (χ4v) is 1.56. The van der Waals surface area contributed by atoms with Crippen molar-refractivity contribution >= 4 is 16.0 Å². The summed E-state index contributed by atoms with van der Waals surface area (Å²) in [7, 11) is -3.82. The summed E-state index contributed by atoms with van der Waals surface area (Å²) >= 11 is 0. The Morgan fingerprint density at radius 3 is 2.38 bits per heavy atom. The van der Waals surface area contributed by atoms with Crippen molar-refractivity contribution in [1.29, 1.82) is 0 Å². The zero-order valence-corrected chi connectivity index (χ0v) is 9.40. The van der Waals surface area contributed by atoms with Crippen LogP contribution in [0.15, 0.2) is 41.3 Å². The van der Waals surface area contributed by atoms with Crippen LogP contribution in [0.3, 0.4) is 0 Å². The lowest BCUT2D eigenvalue weighted by atomic mass is 10.3. The second-order valence-corrected chi connectivity index (χ2v) is 4.51. The Bertz CT molecular complexity index is 505. The minimum absolute atomic E-state index is 0.0775. The summed E-state index contributed by atoms with van der Waals surface area (Å²) in [5, 5.41) is 5.42. The molecule has 0 radical (unpaired) electrons. The highest BCUT2D eigenvalue weighted by Crippen LogP contribution is 2.10. The number of nitrogens with two attached hydrogens (primary N) is 1. The fraction of sp³-hybridized carbons (Fsp3) is 0.100. The predicted molar refractivity (Wildman–Crippen MR) is 58.9 cm³/mol. The molecule has 2 N–H and O–H groups in total. The van der Waals surface area contributed by atoms with Crippen LogP contribution in [0.25, 0.3) is 0 Å².